The van der Waals surface area contributed by atoms with Crippen molar-refractivity contribution in [3.05, 3.63) is 0 Å². The Kier molecular flexibility index (Phi) is 3.53. The molecule has 2 saturated heterocycles. The molecule has 2 bridgehead atoms. The molecular weight excluding hydrogens is 204 g/mol. The van der Waals surface area contributed by atoms with Crippen LogP contribution in [0, 0.1) is 11.8 Å². The van der Waals surface area contributed by atoms with Gasteiger partial charge in [0.25, 0.3) is 0 Å². The Labute approximate surface area is 97.5 Å². The van der Waals surface area contributed by atoms with E-state index in [9.17, 15) is 4.79 Å². The summed E-state index contributed by atoms with van der Waals surface area (Å²) in [7, 11) is 0. The van der Waals surface area contributed by atoms with Crippen molar-refractivity contribution >= 4 is 5.97 Å². The van der Waals surface area contributed by atoms with E-state index in [4.69, 9.17) is 9.47 Å². The number of ether oxygens (including phenoxy) is 2. The molecule has 0 aromatic carbocycles. The van der Waals surface area contributed by atoms with E-state index < -0.39 is 0 Å². The van der Waals surface area contributed by atoms with Crippen LogP contribution in [-0.4, -0.2) is 24.3 Å². The smallest absolute Gasteiger partial charge is 0.311 e. The Morgan fingerprint density at radius 2 is 1.94 bits per heavy atom. The van der Waals surface area contributed by atoms with Crippen molar-refractivity contribution < 1.29 is 14.3 Å². The second-order valence-corrected chi connectivity index (χ2v) is 5.20. The van der Waals surface area contributed by atoms with Crippen molar-refractivity contribution in [3.8, 4) is 0 Å². The van der Waals surface area contributed by atoms with E-state index in [0.29, 0.717) is 5.92 Å². The molecule has 0 aromatic heterocycles. The quantitative estimate of drug-likeness (QED) is 0.679. The number of hydrogen-bond donors (Lipinski definition) is 0. The summed E-state index contributed by atoms with van der Waals surface area (Å²) >= 11 is 0. The molecule has 2 aliphatic heterocycles. The van der Waals surface area contributed by atoms with Gasteiger partial charge in [0.1, 0.15) is 6.10 Å². The summed E-state index contributed by atoms with van der Waals surface area (Å²) in [5.41, 5.74) is 0. The van der Waals surface area contributed by atoms with E-state index >= 15 is 0 Å². The maximum absolute atomic E-state index is 11.9. The highest BCUT2D eigenvalue weighted by Crippen LogP contribution is 2.35. The van der Waals surface area contributed by atoms with Gasteiger partial charge in [-0.25, -0.2) is 0 Å². The fourth-order valence-electron chi connectivity index (χ4n) is 2.81. The van der Waals surface area contributed by atoms with Crippen LogP contribution in [0.5, 0.6) is 0 Å². The average Bonchev–Trinajstić information content (AvgIpc) is 2.75. The third kappa shape index (κ3) is 2.10. The number of cyclic esters (lactones) is 1. The van der Waals surface area contributed by atoms with E-state index in [1.807, 2.05) is 6.92 Å². The third-order valence-electron chi connectivity index (χ3n) is 4.03. The predicted octanol–water partition coefficient (Wildman–Crippen LogP) is 2.53. The van der Waals surface area contributed by atoms with Crippen LogP contribution in [0.4, 0.5) is 0 Å². The van der Waals surface area contributed by atoms with E-state index in [-0.39, 0.29) is 30.2 Å². The molecule has 2 aliphatic rings. The summed E-state index contributed by atoms with van der Waals surface area (Å²) in [6, 6.07) is 0. The molecule has 0 amide bonds. The second-order valence-electron chi connectivity index (χ2n) is 5.20. The molecular formula is C13H22O3. The van der Waals surface area contributed by atoms with Crippen molar-refractivity contribution in [2.75, 3.05) is 0 Å². The lowest BCUT2D eigenvalue weighted by Gasteiger charge is -2.33. The maximum Gasteiger partial charge on any atom is 0.311 e. The average molecular weight is 226 g/mol. The minimum Gasteiger partial charge on any atom is -0.462 e. The molecule has 0 spiro atoms. The molecule has 0 aliphatic carbocycles. The standard InChI is InChI=1S/C13H22O3/c1-4-5-10-8(2)11-6-7-12(15-11)9(3)13(14)16-10/h8-12H,4-7H2,1-3H3/t8-,9-,10-,11-,12+/m0/s1. The first kappa shape index (κ1) is 11.9. The Morgan fingerprint density at radius 1 is 1.25 bits per heavy atom. The zero-order valence-electron chi connectivity index (χ0n) is 10.4. The largest absolute Gasteiger partial charge is 0.462 e. The first-order chi connectivity index (χ1) is 7.63. The van der Waals surface area contributed by atoms with Crippen molar-refractivity contribution in [2.45, 2.75) is 64.8 Å². The molecule has 0 radical (unpaired) electrons. The van der Waals surface area contributed by atoms with Gasteiger partial charge in [-0.3, -0.25) is 4.79 Å². The fraction of sp³-hybridized carbons (Fsp3) is 0.923. The van der Waals surface area contributed by atoms with Crippen LogP contribution in [0.1, 0.15) is 46.5 Å². The molecule has 2 fully saturated rings. The van der Waals surface area contributed by atoms with Gasteiger partial charge in [-0.05, 0) is 26.2 Å². The van der Waals surface area contributed by atoms with Gasteiger partial charge in [-0.15, -0.1) is 0 Å². The molecule has 5 atom stereocenters. The maximum atomic E-state index is 11.9. The highest BCUT2D eigenvalue weighted by molar-refractivity contribution is 5.73. The molecule has 2 rings (SSSR count). The number of fused-ring (bicyclic) bond motifs is 2. The number of carbonyl (C=O) groups is 1. The molecule has 3 heteroatoms. The zero-order chi connectivity index (χ0) is 11.7. The first-order valence-electron chi connectivity index (χ1n) is 6.49. The molecule has 0 unspecified atom stereocenters. The van der Waals surface area contributed by atoms with Gasteiger partial charge in [-0.2, -0.15) is 0 Å². The van der Waals surface area contributed by atoms with Gasteiger partial charge in [0, 0.05) is 5.92 Å². The number of esters is 1. The highest BCUT2D eigenvalue weighted by atomic mass is 16.6. The summed E-state index contributed by atoms with van der Waals surface area (Å²) in [5, 5.41) is 0. The number of carbonyl (C=O) groups excluding carboxylic acids is 1. The molecule has 0 saturated carbocycles. The summed E-state index contributed by atoms with van der Waals surface area (Å²) in [6.45, 7) is 6.20. The van der Waals surface area contributed by atoms with Gasteiger partial charge in [0.2, 0.25) is 0 Å². The third-order valence-corrected chi connectivity index (χ3v) is 4.03. The van der Waals surface area contributed by atoms with Crippen LogP contribution in [0.15, 0.2) is 0 Å². The topological polar surface area (TPSA) is 35.5 Å². The Balaban J connectivity index is 2.14. The Hall–Kier alpha value is -0.570. The van der Waals surface area contributed by atoms with Gasteiger partial charge in [-0.1, -0.05) is 20.3 Å². The van der Waals surface area contributed by atoms with Gasteiger partial charge < -0.3 is 9.47 Å². The van der Waals surface area contributed by atoms with Gasteiger partial charge in [0.15, 0.2) is 0 Å². The monoisotopic (exact) mass is 226 g/mol. The summed E-state index contributed by atoms with van der Waals surface area (Å²) in [5.74, 6) is 0.161. The summed E-state index contributed by atoms with van der Waals surface area (Å²) < 4.78 is 11.6. The van der Waals surface area contributed by atoms with Gasteiger partial charge in [0.05, 0.1) is 18.1 Å². The lowest BCUT2D eigenvalue weighted by atomic mass is 9.93. The van der Waals surface area contributed by atoms with E-state index in [1.165, 1.54) is 0 Å². The normalized spacial score (nSPS) is 43.7. The SMILES string of the molecule is CCC[C@@H]1OC(=O)[C@@H](C)[C@H]2CC[C@H](O2)[C@H]1C. The molecule has 0 N–H and O–H groups in total. The molecule has 92 valence electrons. The predicted molar refractivity (Wildman–Crippen MR) is 61.0 cm³/mol. The van der Waals surface area contributed by atoms with Crippen LogP contribution in [0.2, 0.25) is 0 Å². The van der Waals surface area contributed by atoms with E-state index in [1.54, 1.807) is 0 Å². The van der Waals surface area contributed by atoms with Crippen molar-refractivity contribution in [1.29, 1.82) is 0 Å². The summed E-state index contributed by atoms with van der Waals surface area (Å²) in [6.07, 6.45) is 4.50. The molecule has 0 aromatic rings. The van der Waals surface area contributed by atoms with Crippen molar-refractivity contribution in [3.63, 3.8) is 0 Å². The highest BCUT2D eigenvalue weighted by Gasteiger charge is 2.42. The van der Waals surface area contributed by atoms with Gasteiger partial charge >= 0.3 is 5.97 Å². The van der Waals surface area contributed by atoms with Crippen molar-refractivity contribution in [2.24, 2.45) is 11.8 Å². The van der Waals surface area contributed by atoms with Crippen LogP contribution >= 0.6 is 0 Å². The molecule has 2 heterocycles. The summed E-state index contributed by atoms with van der Waals surface area (Å²) in [4.78, 5) is 11.9. The number of rotatable bonds is 2. The lowest BCUT2D eigenvalue weighted by Crippen LogP contribution is -2.40. The number of hydrogen-bond acceptors (Lipinski definition) is 3. The van der Waals surface area contributed by atoms with Crippen LogP contribution < -0.4 is 0 Å². The van der Waals surface area contributed by atoms with Crippen LogP contribution in [-0.2, 0) is 14.3 Å². The minimum atomic E-state index is -0.100. The first-order valence-corrected chi connectivity index (χ1v) is 6.49. The zero-order valence-corrected chi connectivity index (χ0v) is 10.4. The Morgan fingerprint density at radius 3 is 2.62 bits per heavy atom. The van der Waals surface area contributed by atoms with Crippen molar-refractivity contribution in [1.82, 2.24) is 0 Å². The minimum absolute atomic E-state index is 0.0454. The fourth-order valence-corrected chi connectivity index (χ4v) is 2.81. The molecule has 3 nitrogen and oxygen atoms in total. The Bertz CT molecular complexity index is 264. The van der Waals surface area contributed by atoms with Crippen LogP contribution in [0.3, 0.4) is 0 Å². The second kappa shape index (κ2) is 4.74. The molecule has 16 heavy (non-hydrogen) atoms. The van der Waals surface area contributed by atoms with Crippen LogP contribution in [0.25, 0.3) is 0 Å². The lowest BCUT2D eigenvalue weighted by molar-refractivity contribution is -0.172. The van der Waals surface area contributed by atoms with E-state index in [0.717, 1.165) is 25.7 Å². The van der Waals surface area contributed by atoms with E-state index in [2.05, 4.69) is 13.8 Å².